The summed E-state index contributed by atoms with van der Waals surface area (Å²) < 4.78 is 4.73. The summed E-state index contributed by atoms with van der Waals surface area (Å²) in [6.07, 6.45) is 1.59. The smallest absolute Gasteiger partial charge is 0.323 e. The molecule has 5 nitrogen and oxygen atoms in total. The Morgan fingerprint density at radius 2 is 2.38 bits per heavy atom. The van der Waals surface area contributed by atoms with Crippen LogP contribution in [0.2, 0.25) is 0 Å². The average Bonchev–Trinajstić information content (AvgIpc) is 2.80. The molecule has 2 atom stereocenters. The van der Waals surface area contributed by atoms with Gasteiger partial charge in [-0.25, -0.2) is 0 Å². The van der Waals surface area contributed by atoms with Crippen molar-refractivity contribution in [1.82, 2.24) is 0 Å². The van der Waals surface area contributed by atoms with Gasteiger partial charge in [0, 0.05) is 18.8 Å². The van der Waals surface area contributed by atoms with Crippen molar-refractivity contribution in [3.8, 4) is 0 Å². The molecule has 1 fully saturated rings. The van der Waals surface area contributed by atoms with Crippen LogP contribution >= 0.6 is 0 Å². The second-order valence-corrected chi connectivity index (χ2v) is 3.05. The molecule has 0 bridgehead atoms. The molecule has 0 heterocycles. The first-order valence-corrected chi connectivity index (χ1v) is 3.99. The molecule has 0 N–H and O–H groups in total. The van der Waals surface area contributed by atoms with Gasteiger partial charge in [-0.05, 0) is 6.42 Å². The number of ketones is 1. The number of nitrogens with zero attached hydrogens (tertiary/aromatic N) is 2. The highest BCUT2D eigenvalue weighted by atomic mass is 16.5. The average molecular weight is 182 g/mol. The molecule has 0 aliphatic heterocycles. The van der Waals surface area contributed by atoms with Gasteiger partial charge in [-0.1, -0.05) is 0 Å². The summed E-state index contributed by atoms with van der Waals surface area (Å²) in [4.78, 5) is 24.1. The molecule has 0 saturated heterocycles. The third kappa shape index (κ3) is 2.80. The van der Waals surface area contributed by atoms with Gasteiger partial charge in [0.2, 0.25) is 5.78 Å². The van der Waals surface area contributed by atoms with Crippen LogP contribution in [0.15, 0.2) is 0 Å². The van der Waals surface area contributed by atoms with E-state index in [-0.39, 0.29) is 30.2 Å². The Morgan fingerprint density at radius 3 is 2.92 bits per heavy atom. The standard InChI is InChI=1S/C8H10N2O3/c1-5(11)13-4-6-2-7(6)8(12)3-10-9/h3,6-7H,2,4H2,1H3/t6-,7-/m0/s1. The van der Waals surface area contributed by atoms with Gasteiger partial charge in [-0.15, -0.1) is 0 Å². The van der Waals surface area contributed by atoms with E-state index < -0.39 is 0 Å². The number of hydrogen-bond donors (Lipinski definition) is 0. The van der Waals surface area contributed by atoms with Gasteiger partial charge in [0.25, 0.3) is 0 Å². The molecular weight excluding hydrogens is 172 g/mol. The highest BCUT2D eigenvalue weighted by Gasteiger charge is 2.44. The Balaban J connectivity index is 2.26. The van der Waals surface area contributed by atoms with Crippen LogP contribution in [0.4, 0.5) is 0 Å². The maximum Gasteiger partial charge on any atom is 0.323 e. The minimum absolute atomic E-state index is 0.106. The van der Waals surface area contributed by atoms with Crippen molar-refractivity contribution < 1.29 is 19.1 Å². The summed E-state index contributed by atoms with van der Waals surface area (Å²) in [5.41, 5.74) is 8.08. The van der Waals surface area contributed by atoms with E-state index in [1.165, 1.54) is 6.92 Å². The lowest BCUT2D eigenvalue weighted by Crippen LogP contribution is -2.08. The SMILES string of the molecule is CC(=O)OC[C@@H]1C[C@@H]1C(=O)C=[N+]=[N-]. The lowest BCUT2D eigenvalue weighted by atomic mass is 10.2. The Morgan fingerprint density at radius 1 is 1.69 bits per heavy atom. The highest BCUT2D eigenvalue weighted by molar-refractivity contribution is 6.27. The molecule has 1 saturated carbocycles. The van der Waals surface area contributed by atoms with Gasteiger partial charge in [-0.3, -0.25) is 9.59 Å². The third-order valence-electron chi connectivity index (χ3n) is 1.97. The zero-order chi connectivity index (χ0) is 9.84. The van der Waals surface area contributed by atoms with Crippen molar-refractivity contribution in [1.29, 1.82) is 0 Å². The molecule has 13 heavy (non-hydrogen) atoms. The van der Waals surface area contributed by atoms with Crippen LogP contribution in [0.5, 0.6) is 0 Å². The summed E-state index contributed by atoms with van der Waals surface area (Å²) in [5.74, 6) is -0.571. The van der Waals surface area contributed by atoms with Crippen molar-refractivity contribution in [3.63, 3.8) is 0 Å². The second kappa shape index (κ2) is 3.96. The number of ether oxygens (including phenoxy) is 1. The Hall–Kier alpha value is -1.48. The maximum absolute atomic E-state index is 11.0. The van der Waals surface area contributed by atoms with Crippen LogP contribution < -0.4 is 0 Å². The minimum atomic E-state index is -0.339. The van der Waals surface area contributed by atoms with Gasteiger partial charge in [0.15, 0.2) is 0 Å². The third-order valence-corrected chi connectivity index (χ3v) is 1.97. The molecule has 0 unspecified atom stereocenters. The molecule has 5 heteroatoms. The fourth-order valence-electron chi connectivity index (χ4n) is 1.16. The van der Waals surface area contributed by atoms with Crippen LogP contribution in [-0.4, -0.2) is 29.4 Å². The van der Waals surface area contributed by atoms with Crippen molar-refractivity contribution in [3.05, 3.63) is 5.53 Å². The van der Waals surface area contributed by atoms with Crippen LogP contribution in [0.25, 0.3) is 5.53 Å². The number of hydrogen-bond acceptors (Lipinski definition) is 3. The molecule has 0 aromatic carbocycles. The summed E-state index contributed by atoms with van der Waals surface area (Å²) in [7, 11) is 0. The van der Waals surface area contributed by atoms with E-state index in [1.807, 2.05) is 0 Å². The van der Waals surface area contributed by atoms with Crippen LogP contribution in [0, 0.1) is 11.8 Å². The van der Waals surface area contributed by atoms with Gasteiger partial charge < -0.3 is 10.3 Å². The van der Waals surface area contributed by atoms with Crippen molar-refractivity contribution in [2.24, 2.45) is 11.8 Å². The number of Topliss-reactive ketones (excluding diaryl/α,β-unsaturated/α-hetero) is 1. The highest BCUT2D eigenvalue weighted by Crippen LogP contribution is 2.38. The van der Waals surface area contributed by atoms with Crippen molar-refractivity contribution in [2.45, 2.75) is 13.3 Å². The summed E-state index contributed by atoms with van der Waals surface area (Å²) in [6.45, 7) is 1.61. The van der Waals surface area contributed by atoms with Crippen LogP contribution in [0.1, 0.15) is 13.3 Å². The largest absolute Gasteiger partial charge is 0.466 e. The molecule has 70 valence electrons. The Bertz CT molecular complexity index is 281. The predicted molar refractivity (Wildman–Crippen MR) is 42.9 cm³/mol. The van der Waals surface area contributed by atoms with Gasteiger partial charge in [-0.2, -0.15) is 4.79 Å². The number of rotatable bonds is 4. The fraction of sp³-hybridized carbons (Fsp3) is 0.625. The Labute approximate surface area is 75.3 Å². The summed E-state index contributed by atoms with van der Waals surface area (Å²) in [5, 5.41) is 0. The topological polar surface area (TPSA) is 79.8 Å². The van der Waals surface area contributed by atoms with E-state index in [0.29, 0.717) is 6.42 Å². The Kier molecular flexibility index (Phi) is 2.93. The van der Waals surface area contributed by atoms with Gasteiger partial charge in [0.1, 0.15) is 0 Å². The first-order chi connectivity index (χ1) is 6.15. The maximum atomic E-state index is 11.0. The summed E-state index contributed by atoms with van der Waals surface area (Å²) >= 11 is 0. The molecule has 0 radical (unpaired) electrons. The normalized spacial score (nSPS) is 24.4. The lowest BCUT2D eigenvalue weighted by Gasteiger charge is -1.97. The van der Waals surface area contributed by atoms with E-state index in [2.05, 4.69) is 4.79 Å². The number of carbonyl (C=O) groups excluding carboxylic acids is 2. The molecule has 0 amide bonds. The van der Waals surface area contributed by atoms with E-state index in [1.54, 1.807) is 0 Å². The molecule has 1 aliphatic carbocycles. The number of carbonyl (C=O) groups is 2. The zero-order valence-corrected chi connectivity index (χ0v) is 7.27. The van der Waals surface area contributed by atoms with Crippen molar-refractivity contribution >= 4 is 18.0 Å². The van der Waals surface area contributed by atoms with E-state index in [9.17, 15) is 9.59 Å². The monoisotopic (exact) mass is 182 g/mol. The molecule has 1 rings (SSSR count). The number of esters is 1. The van der Waals surface area contributed by atoms with Crippen LogP contribution in [-0.2, 0) is 14.3 Å². The second-order valence-electron chi connectivity index (χ2n) is 3.05. The molecular formula is C8H10N2O3. The van der Waals surface area contributed by atoms with Gasteiger partial charge >= 0.3 is 12.2 Å². The molecule has 0 aromatic rings. The summed E-state index contributed by atoms with van der Waals surface area (Å²) in [6, 6.07) is 0. The zero-order valence-electron chi connectivity index (χ0n) is 7.27. The fourth-order valence-corrected chi connectivity index (χ4v) is 1.16. The minimum Gasteiger partial charge on any atom is -0.466 e. The quantitative estimate of drug-likeness (QED) is 0.267. The first-order valence-electron chi connectivity index (χ1n) is 3.99. The lowest BCUT2D eigenvalue weighted by molar-refractivity contribution is -0.141. The first kappa shape index (κ1) is 9.61. The van der Waals surface area contributed by atoms with E-state index >= 15 is 0 Å². The predicted octanol–water partition coefficient (Wildman–Crippen LogP) is 0.0553. The van der Waals surface area contributed by atoms with Gasteiger partial charge in [0.05, 0.1) is 6.61 Å². The van der Waals surface area contributed by atoms with Crippen LogP contribution in [0.3, 0.4) is 0 Å². The molecule has 0 aromatic heterocycles. The van der Waals surface area contributed by atoms with Crippen molar-refractivity contribution in [2.75, 3.05) is 6.61 Å². The molecule has 1 aliphatic rings. The van der Waals surface area contributed by atoms with E-state index in [0.717, 1.165) is 6.21 Å². The van der Waals surface area contributed by atoms with E-state index in [4.69, 9.17) is 10.3 Å². The molecule has 0 spiro atoms.